The van der Waals surface area contributed by atoms with Gasteiger partial charge in [0.05, 0.1) is 0 Å². The fourth-order valence-electron chi connectivity index (χ4n) is 2.09. The van der Waals surface area contributed by atoms with Crippen LogP contribution in [0.2, 0.25) is 0 Å². The Labute approximate surface area is 105 Å². The molecule has 0 radical (unpaired) electrons. The van der Waals surface area contributed by atoms with Crippen molar-refractivity contribution in [2.24, 2.45) is 0 Å². The third-order valence-corrected chi connectivity index (χ3v) is 13.3. The number of rotatable bonds is 7. The van der Waals surface area contributed by atoms with Gasteiger partial charge in [-0.1, -0.05) is 0 Å². The van der Waals surface area contributed by atoms with Crippen LogP contribution in [0.15, 0.2) is 21.1 Å². The normalized spacial score (nSPS) is 16.2. The molecule has 0 atom stereocenters. The molecule has 0 aromatic carbocycles. The molecule has 0 unspecified atom stereocenters. The van der Waals surface area contributed by atoms with E-state index in [4.69, 9.17) is 8.56 Å². The van der Waals surface area contributed by atoms with Gasteiger partial charge in [0, 0.05) is 0 Å². The third-order valence-electron chi connectivity index (χ3n) is 3.00. The van der Waals surface area contributed by atoms with E-state index in [0.717, 1.165) is 12.8 Å². The minimum absolute atomic E-state index is 0.941. The van der Waals surface area contributed by atoms with Gasteiger partial charge in [0.25, 0.3) is 0 Å². The first-order valence-corrected chi connectivity index (χ1v) is 12.0. The van der Waals surface area contributed by atoms with E-state index in [1.807, 2.05) is 0 Å². The standard InChI is InChI=1S/C9H13.3CH3O.Hf/c1-2-3-6-9-7-4-5-8-9;3*1-2;/h4,7H,2-3,5-6H2,1H3;3*1H3;/q;3*-1;+3. The molecular formula is C12H22HfO3. The van der Waals surface area contributed by atoms with E-state index in [-0.39, 0.29) is 0 Å². The molecule has 1 rings (SSSR count). The third kappa shape index (κ3) is 2.92. The summed E-state index contributed by atoms with van der Waals surface area (Å²) in [5.41, 5.74) is 1.38. The van der Waals surface area contributed by atoms with Crippen molar-refractivity contribution in [1.82, 2.24) is 0 Å². The van der Waals surface area contributed by atoms with E-state index in [1.54, 1.807) is 21.3 Å². The maximum absolute atomic E-state index is 5.61. The summed E-state index contributed by atoms with van der Waals surface area (Å²) in [5, 5.41) is 0. The average Bonchev–Trinajstić information content (AvgIpc) is 2.79. The van der Waals surface area contributed by atoms with Gasteiger partial charge in [-0.15, -0.1) is 0 Å². The van der Waals surface area contributed by atoms with Gasteiger partial charge in [-0.25, -0.2) is 0 Å². The Hall–Kier alpha value is 0.230. The number of allylic oxidation sites excluding steroid dienone is 4. The van der Waals surface area contributed by atoms with Crippen LogP contribution >= 0.6 is 0 Å². The summed E-state index contributed by atoms with van der Waals surface area (Å²) >= 11 is -3.52. The quantitative estimate of drug-likeness (QED) is 0.623. The molecule has 0 N–H and O–H groups in total. The second kappa shape index (κ2) is 6.84. The van der Waals surface area contributed by atoms with Crippen LogP contribution in [-0.4, -0.2) is 21.3 Å². The summed E-state index contributed by atoms with van der Waals surface area (Å²) in [6, 6.07) is 0. The summed E-state index contributed by atoms with van der Waals surface area (Å²) < 4.78 is 18.1. The molecule has 0 amide bonds. The van der Waals surface area contributed by atoms with Crippen LogP contribution in [0, 0.1) is 0 Å². The summed E-state index contributed by atoms with van der Waals surface area (Å²) in [7, 11) is 5.12. The van der Waals surface area contributed by atoms with E-state index in [0.29, 0.717) is 0 Å². The van der Waals surface area contributed by atoms with Crippen LogP contribution < -0.4 is 0 Å². The minimum atomic E-state index is -3.52. The summed E-state index contributed by atoms with van der Waals surface area (Å²) in [4.78, 5) is 0. The molecule has 0 aliphatic heterocycles. The molecule has 1 aliphatic rings. The number of unbranched alkanes of at least 4 members (excludes halogenated alkanes) is 1. The summed E-state index contributed by atoms with van der Waals surface area (Å²) in [6.45, 7) is 2.21. The molecule has 0 aromatic rings. The molecule has 0 aromatic heterocycles. The van der Waals surface area contributed by atoms with Crippen molar-refractivity contribution < 1.29 is 29.8 Å². The number of hydrogen-bond acceptors (Lipinski definition) is 3. The predicted octanol–water partition coefficient (Wildman–Crippen LogP) is 3.23. The first kappa shape index (κ1) is 14.3. The molecule has 0 saturated carbocycles. The van der Waals surface area contributed by atoms with Crippen LogP contribution in [0.4, 0.5) is 0 Å². The first-order valence-electron chi connectivity index (χ1n) is 5.78. The predicted molar refractivity (Wildman–Crippen MR) is 61.3 cm³/mol. The Morgan fingerprint density at radius 2 is 1.81 bits per heavy atom. The van der Waals surface area contributed by atoms with Crippen molar-refractivity contribution >= 4 is 0 Å². The molecule has 0 heterocycles. The molecular weight excluding hydrogens is 371 g/mol. The summed E-state index contributed by atoms with van der Waals surface area (Å²) in [5.74, 6) is 0. The SMILES string of the molecule is CCCCC1=[C]([Hf]([O]C)([O]C)[O]C)CC=C1. The fraction of sp³-hybridized carbons (Fsp3) is 0.667. The van der Waals surface area contributed by atoms with Crippen molar-refractivity contribution in [2.45, 2.75) is 32.6 Å². The van der Waals surface area contributed by atoms with Crippen LogP contribution in [0.5, 0.6) is 0 Å². The van der Waals surface area contributed by atoms with Crippen molar-refractivity contribution in [1.29, 1.82) is 0 Å². The van der Waals surface area contributed by atoms with E-state index >= 15 is 0 Å². The van der Waals surface area contributed by atoms with Crippen molar-refractivity contribution in [3.63, 3.8) is 0 Å². The Kier molecular flexibility index (Phi) is 6.11. The zero-order valence-electron chi connectivity index (χ0n) is 10.7. The fourth-order valence-corrected chi connectivity index (χ4v) is 10.0. The summed E-state index contributed by atoms with van der Waals surface area (Å²) in [6.07, 6.45) is 8.87. The Bertz CT molecular complexity index is 272. The van der Waals surface area contributed by atoms with Gasteiger partial charge in [-0.05, 0) is 0 Å². The molecule has 16 heavy (non-hydrogen) atoms. The van der Waals surface area contributed by atoms with Crippen molar-refractivity contribution in [3.8, 4) is 0 Å². The van der Waals surface area contributed by atoms with Crippen LogP contribution in [-0.2, 0) is 29.8 Å². The Balaban J connectivity index is 2.90. The van der Waals surface area contributed by atoms with E-state index in [1.165, 1.54) is 21.7 Å². The average molecular weight is 393 g/mol. The molecule has 3 nitrogen and oxygen atoms in total. The van der Waals surface area contributed by atoms with Gasteiger partial charge in [0.2, 0.25) is 0 Å². The molecule has 4 heteroatoms. The molecule has 0 fully saturated rings. The van der Waals surface area contributed by atoms with Crippen molar-refractivity contribution in [2.75, 3.05) is 21.3 Å². The molecule has 0 saturated heterocycles. The second-order valence-corrected chi connectivity index (χ2v) is 14.4. The van der Waals surface area contributed by atoms with Gasteiger partial charge in [0.1, 0.15) is 0 Å². The van der Waals surface area contributed by atoms with E-state index in [2.05, 4.69) is 19.1 Å². The topological polar surface area (TPSA) is 27.7 Å². The van der Waals surface area contributed by atoms with Gasteiger partial charge in [-0.3, -0.25) is 0 Å². The van der Waals surface area contributed by atoms with Crippen molar-refractivity contribution in [3.05, 3.63) is 21.1 Å². The van der Waals surface area contributed by atoms with Gasteiger partial charge < -0.3 is 0 Å². The van der Waals surface area contributed by atoms with Crippen LogP contribution in [0.1, 0.15) is 32.6 Å². The van der Waals surface area contributed by atoms with E-state index < -0.39 is 21.3 Å². The monoisotopic (exact) mass is 394 g/mol. The van der Waals surface area contributed by atoms with Gasteiger partial charge >= 0.3 is 105 Å². The zero-order chi connectivity index (χ0) is 12.0. The molecule has 92 valence electrons. The number of hydrogen-bond donors (Lipinski definition) is 0. The second-order valence-electron chi connectivity index (χ2n) is 3.88. The first-order chi connectivity index (χ1) is 7.74. The van der Waals surface area contributed by atoms with Gasteiger partial charge in [0.15, 0.2) is 0 Å². The maximum atomic E-state index is 5.61. The Morgan fingerprint density at radius 1 is 1.19 bits per heavy atom. The van der Waals surface area contributed by atoms with Gasteiger partial charge in [-0.2, -0.15) is 0 Å². The molecule has 0 bridgehead atoms. The molecule has 0 spiro atoms. The van der Waals surface area contributed by atoms with Crippen LogP contribution in [0.25, 0.3) is 0 Å². The Morgan fingerprint density at radius 3 is 2.31 bits per heavy atom. The van der Waals surface area contributed by atoms with E-state index in [9.17, 15) is 0 Å². The zero-order valence-corrected chi connectivity index (χ0v) is 14.3. The van der Waals surface area contributed by atoms with Crippen LogP contribution in [0.3, 0.4) is 0 Å². The molecule has 1 aliphatic carbocycles.